The van der Waals surface area contributed by atoms with Crippen LogP contribution in [0.25, 0.3) is 22.5 Å². The Morgan fingerprint density at radius 1 is 0.733 bits per heavy atom. The lowest BCUT2D eigenvalue weighted by molar-refractivity contribution is -0.156. The number of ether oxygens (including phenoxy) is 3. The quantitative estimate of drug-likeness (QED) is 0.137. The highest BCUT2D eigenvalue weighted by Crippen LogP contribution is 2.32. The number of carbonyl (C=O) groups excluding carboxylic acids is 4. The maximum Gasteiger partial charge on any atom is 0.326 e. The topological polar surface area (TPSA) is 166 Å². The molecule has 318 valence electrons. The molecule has 0 aliphatic carbocycles. The van der Waals surface area contributed by atoms with Gasteiger partial charge in [0.25, 0.3) is 11.8 Å². The molecule has 5 heterocycles. The van der Waals surface area contributed by atoms with Crippen molar-refractivity contribution in [3.05, 3.63) is 86.4 Å². The highest BCUT2D eigenvalue weighted by molar-refractivity contribution is 6.34. The molecule has 3 aliphatic heterocycles. The van der Waals surface area contributed by atoms with E-state index in [9.17, 15) is 19.2 Å². The lowest BCUT2D eigenvalue weighted by Crippen LogP contribution is -2.42. The second-order valence-electron chi connectivity index (χ2n) is 16.6. The monoisotopic (exact) mass is 879 g/mol. The van der Waals surface area contributed by atoms with Gasteiger partial charge in [-0.2, -0.15) is 0 Å². The fourth-order valence-corrected chi connectivity index (χ4v) is 7.44. The molecule has 2 amide bonds. The number of fused-ring (bicyclic) bond motifs is 2. The molecule has 4 aromatic rings. The van der Waals surface area contributed by atoms with Crippen LogP contribution < -0.4 is 5.32 Å². The van der Waals surface area contributed by atoms with Crippen LogP contribution in [0.3, 0.4) is 0 Å². The number of nitrogens with zero attached hydrogens (tertiary/aromatic N) is 6. The summed E-state index contributed by atoms with van der Waals surface area (Å²) in [4.78, 5) is 70.3. The van der Waals surface area contributed by atoms with Gasteiger partial charge in [0, 0.05) is 54.6 Å². The fourth-order valence-electron chi connectivity index (χ4n) is 6.91. The summed E-state index contributed by atoms with van der Waals surface area (Å²) in [6, 6.07) is 11.3. The van der Waals surface area contributed by atoms with Gasteiger partial charge in [0.15, 0.2) is 0 Å². The van der Waals surface area contributed by atoms with Crippen LogP contribution in [0.5, 0.6) is 0 Å². The van der Waals surface area contributed by atoms with E-state index in [1.54, 1.807) is 59.9 Å². The predicted molar refractivity (Wildman–Crippen MR) is 228 cm³/mol. The molecule has 60 heavy (non-hydrogen) atoms. The van der Waals surface area contributed by atoms with Crippen molar-refractivity contribution in [1.82, 2.24) is 29.7 Å². The average molecular weight is 881 g/mol. The average Bonchev–Trinajstić information content (AvgIpc) is 3.18. The first-order valence-electron chi connectivity index (χ1n) is 19.7. The number of hydrogen-bond acceptors (Lipinski definition) is 12. The Bertz CT molecular complexity index is 2270. The standard InChI is InChI=1S/C24H29ClN4O4.C19H19Cl2N3O3/c1-24(2,3)33-20(30)14-29-9-6-15-4-5-16(12-18(15)22(29)31)21-19(25)13-26-23(28-21)27-17-7-10-32-11-8-17;1-19(2,3)27-15(25)10-24-7-6-11-4-5-12(8-13(11)17(24)26)16-14(20)9-22-18(21)23-16/h4-5,12-13,17H,6-11,14H2,1-3H3,(H,26,27,28);4-5,8-9H,6-7,10H2,1-3H3. The number of rotatable bonds is 8. The first kappa shape index (κ1) is 44.7. The molecule has 0 spiro atoms. The van der Waals surface area contributed by atoms with Gasteiger partial charge in [-0.1, -0.05) is 47.5 Å². The molecule has 2 aromatic heterocycles. The zero-order chi connectivity index (χ0) is 43.4. The third-order valence-corrected chi connectivity index (χ3v) is 10.3. The van der Waals surface area contributed by atoms with Crippen molar-refractivity contribution < 1.29 is 33.4 Å². The van der Waals surface area contributed by atoms with Crippen molar-refractivity contribution in [2.45, 2.75) is 84.5 Å². The smallest absolute Gasteiger partial charge is 0.326 e. The minimum Gasteiger partial charge on any atom is -0.459 e. The van der Waals surface area contributed by atoms with E-state index in [1.165, 1.54) is 16.0 Å². The van der Waals surface area contributed by atoms with Crippen molar-refractivity contribution >= 4 is 64.5 Å². The van der Waals surface area contributed by atoms with Crippen LogP contribution in [0.4, 0.5) is 5.95 Å². The van der Waals surface area contributed by atoms with Crippen LogP contribution in [-0.4, -0.2) is 110 Å². The number of aromatic nitrogens is 4. The Balaban J connectivity index is 0.000000205. The Kier molecular flexibility index (Phi) is 14.0. The van der Waals surface area contributed by atoms with Crippen LogP contribution in [0, 0.1) is 0 Å². The lowest BCUT2D eigenvalue weighted by Gasteiger charge is -2.29. The number of halogens is 3. The summed E-state index contributed by atoms with van der Waals surface area (Å²) in [5.41, 5.74) is 4.14. The van der Waals surface area contributed by atoms with Crippen molar-refractivity contribution in [2.75, 3.05) is 44.7 Å². The molecule has 0 saturated carbocycles. The van der Waals surface area contributed by atoms with Gasteiger partial charge in [-0.05, 0) is 102 Å². The minimum atomic E-state index is -0.596. The SMILES string of the molecule is CC(C)(C)OC(=O)CN1CCc2ccc(-c3nc(Cl)ncc3Cl)cc2C1=O.CC(C)(C)OC(=O)CN1CCc2ccc(-c3nc(NC4CCOCC4)ncc3Cl)cc2C1=O. The summed E-state index contributed by atoms with van der Waals surface area (Å²) in [6.07, 6.45) is 6.09. The molecule has 0 unspecified atom stereocenters. The number of benzene rings is 2. The molecule has 14 nitrogen and oxygen atoms in total. The third kappa shape index (κ3) is 11.7. The molecule has 0 atom stereocenters. The molecular formula is C43H48Cl3N7O7. The summed E-state index contributed by atoms with van der Waals surface area (Å²) in [5.74, 6) is -0.772. The Morgan fingerprint density at radius 2 is 1.20 bits per heavy atom. The van der Waals surface area contributed by atoms with Crippen LogP contribution >= 0.6 is 34.8 Å². The summed E-state index contributed by atoms with van der Waals surface area (Å²) in [6.45, 7) is 13.0. The van der Waals surface area contributed by atoms with Gasteiger partial charge < -0.3 is 29.3 Å². The van der Waals surface area contributed by atoms with E-state index in [-0.39, 0.29) is 36.2 Å². The van der Waals surface area contributed by atoms with E-state index in [0.29, 0.717) is 83.2 Å². The number of anilines is 1. The molecule has 1 fully saturated rings. The number of carbonyl (C=O) groups is 4. The number of nitrogens with one attached hydrogen (secondary N) is 1. The van der Waals surface area contributed by atoms with Crippen molar-refractivity contribution in [1.29, 1.82) is 0 Å². The van der Waals surface area contributed by atoms with Gasteiger partial charge in [-0.25, -0.2) is 19.9 Å². The molecule has 0 radical (unpaired) electrons. The van der Waals surface area contributed by atoms with Crippen LogP contribution in [0.1, 0.15) is 86.2 Å². The summed E-state index contributed by atoms with van der Waals surface area (Å²) < 4.78 is 16.1. The molecule has 2 aromatic carbocycles. The van der Waals surface area contributed by atoms with Gasteiger partial charge in [-0.3, -0.25) is 19.2 Å². The third-order valence-electron chi connectivity index (χ3n) is 9.60. The van der Waals surface area contributed by atoms with Crippen LogP contribution in [0.2, 0.25) is 15.3 Å². The van der Waals surface area contributed by atoms with Gasteiger partial charge in [-0.15, -0.1) is 0 Å². The molecule has 17 heteroatoms. The van der Waals surface area contributed by atoms with Gasteiger partial charge in [0.05, 0.1) is 33.8 Å². The van der Waals surface area contributed by atoms with Crippen LogP contribution in [-0.2, 0) is 36.6 Å². The first-order chi connectivity index (χ1) is 28.3. The molecule has 1 N–H and O–H groups in total. The Morgan fingerprint density at radius 3 is 1.68 bits per heavy atom. The van der Waals surface area contributed by atoms with Crippen molar-refractivity contribution in [3.8, 4) is 22.5 Å². The van der Waals surface area contributed by atoms with Gasteiger partial charge >= 0.3 is 11.9 Å². The molecule has 1 saturated heterocycles. The number of amides is 2. The zero-order valence-electron chi connectivity index (χ0n) is 34.4. The zero-order valence-corrected chi connectivity index (χ0v) is 36.7. The maximum absolute atomic E-state index is 13.1. The molecular weight excluding hydrogens is 833 g/mol. The van der Waals surface area contributed by atoms with E-state index in [2.05, 4.69) is 25.3 Å². The number of hydrogen-bond donors (Lipinski definition) is 1. The first-order valence-corrected chi connectivity index (χ1v) is 20.8. The Labute approximate surface area is 364 Å². The molecule has 7 rings (SSSR count). The summed E-state index contributed by atoms with van der Waals surface area (Å²) >= 11 is 18.5. The van der Waals surface area contributed by atoms with Gasteiger partial charge in [0.2, 0.25) is 11.2 Å². The van der Waals surface area contributed by atoms with E-state index >= 15 is 0 Å². The minimum absolute atomic E-state index is 0.0741. The summed E-state index contributed by atoms with van der Waals surface area (Å²) in [5, 5.41) is 4.17. The van der Waals surface area contributed by atoms with Crippen molar-refractivity contribution in [2.24, 2.45) is 0 Å². The predicted octanol–water partition coefficient (Wildman–Crippen LogP) is 7.52. The van der Waals surface area contributed by atoms with E-state index in [0.717, 1.165) is 29.5 Å². The fraction of sp³-hybridized carbons (Fsp3) is 0.442. The van der Waals surface area contributed by atoms with E-state index in [4.69, 9.17) is 49.0 Å². The highest BCUT2D eigenvalue weighted by atomic mass is 35.5. The number of esters is 2. The van der Waals surface area contributed by atoms with Gasteiger partial charge in [0.1, 0.15) is 24.3 Å². The Hall–Kier alpha value is -4.89. The van der Waals surface area contributed by atoms with Crippen molar-refractivity contribution in [3.63, 3.8) is 0 Å². The lowest BCUT2D eigenvalue weighted by atomic mass is 9.95. The molecule has 3 aliphatic rings. The van der Waals surface area contributed by atoms with E-state index < -0.39 is 23.1 Å². The van der Waals surface area contributed by atoms with E-state index in [1.807, 2.05) is 24.3 Å². The molecule has 0 bridgehead atoms. The normalized spacial score (nSPS) is 15.7. The van der Waals surface area contributed by atoms with Crippen LogP contribution in [0.15, 0.2) is 48.8 Å². The summed E-state index contributed by atoms with van der Waals surface area (Å²) in [7, 11) is 0. The largest absolute Gasteiger partial charge is 0.459 e. The second kappa shape index (κ2) is 18.8. The highest BCUT2D eigenvalue weighted by Gasteiger charge is 2.30. The maximum atomic E-state index is 13.1. The second-order valence-corrected chi connectivity index (χ2v) is 17.8.